The molecule has 0 spiro atoms. The van der Waals surface area contributed by atoms with E-state index in [1.807, 2.05) is 0 Å². The van der Waals surface area contributed by atoms with Gasteiger partial charge < -0.3 is 15.5 Å². The van der Waals surface area contributed by atoms with Gasteiger partial charge in [0, 0.05) is 24.2 Å². The first-order chi connectivity index (χ1) is 13.5. The number of nitrogens with zero attached hydrogens (tertiary/aromatic N) is 3. The van der Waals surface area contributed by atoms with Gasteiger partial charge in [-0.25, -0.2) is 4.79 Å². The summed E-state index contributed by atoms with van der Waals surface area (Å²) in [5.74, 6) is -0.373. The van der Waals surface area contributed by atoms with Crippen LogP contribution in [0.5, 0.6) is 0 Å². The largest absolute Gasteiger partial charge is 0.368 e. The van der Waals surface area contributed by atoms with Crippen LogP contribution in [0.1, 0.15) is 50.5 Å². The van der Waals surface area contributed by atoms with Gasteiger partial charge in [-0.05, 0) is 75.7 Å². The molecule has 3 amide bonds. The van der Waals surface area contributed by atoms with Crippen LogP contribution in [-0.2, 0) is 10.2 Å². The maximum absolute atomic E-state index is 13.0. The molecule has 4 aliphatic rings. The van der Waals surface area contributed by atoms with Crippen LogP contribution in [0, 0.1) is 0 Å². The lowest BCUT2D eigenvalue weighted by molar-refractivity contribution is -0.128. The molecule has 3 saturated heterocycles. The summed E-state index contributed by atoms with van der Waals surface area (Å²) in [4.78, 5) is 31.3. The quantitative estimate of drug-likeness (QED) is 0.850. The lowest BCUT2D eigenvalue weighted by Gasteiger charge is -2.37. The predicted molar refractivity (Wildman–Crippen MR) is 108 cm³/mol. The zero-order valence-corrected chi connectivity index (χ0v) is 16.5. The van der Waals surface area contributed by atoms with Crippen LogP contribution in [0.25, 0.3) is 0 Å². The van der Waals surface area contributed by atoms with Crippen molar-refractivity contribution in [3.8, 4) is 0 Å². The number of amides is 3. The lowest BCUT2D eigenvalue weighted by atomic mass is 9.87. The number of nitrogens with two attached hydrogens (primary N) is 1. The molecule has 0 aromatic heterocycles. The molecule has 0 bridgehead atoms. The maximum Gasteiger partial charge on any atom is 0.325 e. The van der Waals surface area contributed by atoms with E-state index in [1.54, 1.807) is 9.80 Å². The number of hydrogen-bond acceptors (Lipinski definition) is 3. The van der Waals surface area contributed by atoms with E-state index >= 15 is 0 Å². The van der Waals surface area contributed by atoms with E-state index in [9.17, 15) is 9.59 Å². The van der Waals surface area contributed by atoms with Gasteiger partial charge in [0.15, 0.2) is 0 Å². The van der Waals surface area contributed by atoms with Crippen molar-refractivity contribution in [2.45, 2.75) is 55.9 Å². The molecule has 28 heavy (non-hydrogen) atoms. The molecule has 0 radical (unpaired) electrons. The normalized spacial score (nSPS) is 29.2. The van der Waals surface area contributed by atoms with E-state index in [4.69, 9.17) is 5.73 Å². The number of likely N-dealkylation sites (tertiary alicyclic amines) is 1. The monoisotopic (exact) mass is 382 g/mol. The summed E-state index contributed by atoms with van der Waals surface area (Å²) in [5.41, 5.74) is 7.49. The van der Waals surface area contributed by atoms with Crippen LogP contribution < -0.4 is 10.6 Å². The number of benzene rings is 1. The Morgan fingerprint density at radius 1 is 0.964 bits per heavy atom. The fourth-order valence-corrected chi connectivity index (χ4v) is 5.54. The molecule has 1 aromatic carbocycles. The van der Waals surface area contributed by atoms with Crippen molar-refractivity contribution >= 4 is 17.6 Å². The molecular weight excluding hydrogens is 352 g/mol. The topological polar surface area (TPSA) is 69.9 Å². The van der Waals surface area contributed by atoms with E-state index in [1.165, 1.54) is 44.3 Å². The first-order valence-corrected chi connectivity index (χ1v) is 10.8. The highest BCUT2D eigenvalue weighted by molar-refractivity contribution is 6.02. The molecular formula is C22H30N4O2. The Labute approximate surface area is 166 Å². The number of hydrogen-bond donors (Lipinski definition) is 1. The molecule has 2 N–H and O–H groups in total. The minimum absolute atomic E-state index is 0.0792. The highest BCUT2D eigenvalue weighted by Gasteiger charge is 2.55. The summed E-state index contributed by atoms with van der Waals surface area (Å²) in [6, 6.07) is 8.43. The Morgan fingerprint density at radius 2 is 1.64 bits per heavy atom. The van der Waals surface area contributed by atoms with Gasteiger partial charge in [0.2, 0.25) is 5.91 Å². The summed E-state index contributed by atoms with van der Waals surface area (Å²) < 4.78 is 0. The second-order valence-corrected chi connectivity index (χ2v) is 9.18. The second-order valence-electron chi connectivity index (χ2n) is 9.18. The van der Waals surface area contributed by atoms with E-state index in [0.717, 1.165) is 25.1 Å². The number of anilines is 1. The van der Waals surface area contributed by atoms with Crippen molar-refractivity contribution in [3.63, 3.8) is 0 Å². The molecule has 1 atom stereocenters. The van der Waals surface area contributed by atoms with Gasteiger partial charge in [-0.2, -0.15) is 0 Å². The minimum atomic E-state index is -0.832. The Balaban J connectivity index is 1.36. The van der Waals surface area contributed by atoms with Crippen molar-refractivity contribution in [3.05, 3.63) is 29.8 Å². The van der Waals surface area contributed by atoms with Crippen molar-refractivity contribution in [2.24, 2.45) is 5.73 Å². The number of urea groups is 1. The lowest BCUT2D eigenvalue weighted by Crippen LogP contribution is -2.58. The molecule has 0 unspecified atom stereocenters. The number of carbonyl (C=O) groups excluding carboxylic acids is 2. The number of carbonyl (C=O) groups is 2. The standard InChI is InChI=1S/C22H30N4O2/c23-19(27)22-9-1-2-14-26(22)20(28)25(16-22)18-7-5-17(6-8-18)21(10-11-21)15-24-12-3-4-13-24/h5-8H,1-4,9-16H2,(H2,23,27)/t22-/m1/s1. The van der Waals surface area contributed by atoms with Gasteiger partial charge in [0.05, 0.1) is 6.54 Å². The molecule has 150 valence electrons. The average molecular weight is 383 g/mol. The third-order valence-electron chi connectivity index (χ3n) is 7.45. The van der Waals surface area contributed by atoms with Crippen molar-refractivity contribution in [1.82, 2.24) is 9.80 Å². The molecule has 1 aromatic rings. The fourth-order valence-electron chi connectivity index (χ4n) is 5.54. The van der Waals surface area contributed by atoms with Crippen LogP contribution in [-0.4, -0.2) is 60.0 Å². The zero-order valence-electron chi connectivity index (χ0n) is 16.5. The van der Waals surface area contributed by atoms with Crippen LogP contribution >= 0.6 is 0 Å². The van der Waals surface area contributed by atoms with Gasteiger partial charge in [-0.15, -0.1) is 0 Å². The summed E-state index contributed by atoms with van der Waals surface area (Å²) in [7, 11) is 0. The number of primary amides is 1. The predicted octanol–water partition coefficient (Wildman–Crippen LogP) is 2.46. The number of piperidine rings is 1. The maximum atomic E-state index is 13.0. The molecule has 4 fully saturated rings. The fraction of sp³-hybridized carbons (Fsp3) is 0.636. The Hall–Kier alpha value is -2.08. The van der Waals surface area contributed by atoms with Gasteiger partial charge in [0.25, 0.3) is 0 Å². The Kier molecular flexibility index (Phi) is 4.16. The first kappa shape index (κ1) is 18.0. The Morgan fingerprint density at radius 3 is 2.25 bits per heavy atom. The molecule has 3 aliphatic heterocycles. The molecule has 6 heteroatoms. The summed E-state index contributed by atoms with van der Waals surface area (Å²) in [6.07, 6.45) is 7.70. The smallest absolute Gasteiger partial charge is 0.325 e. The van der Waals surface area contributed by atoms with Gasteiger partial charge in [0.1, 0.15) is 5.54 Å². The molecule has 1 aliphatic carbocycles. The van der Waals surface area contributed by atoms with Crippen molar-refractivity contribution < 1.29 is 9.59 Å². The van der Waals surface area contributed by atoms with Crippen LogP contribution in [0.15, 0.2) is 24.3 Å². The minimum Gasteiger partial charge on any atom is -0.368 e. The second kappa shape index (κ2) is 6.48. The molecule has 5 rings (SSSR count). The number of fused-ring (bicyclic) bond motifs is 1. The summed E-state index contributed by atoms with van der Waals surface area (Å²) in [6.45, 7) is 4.61. The third kappa shape index (κ3) is 2.72. The Bertz CT molecular complexity index is 782. The van der Waals surface area contributed by atoms with Gasteiger partial charge >= 0.3 is 6.03 Å². The van der Waals surface area contributed by atoms with Crippen molar-refractivity contribution in [1.29, 1.82) is 0 Å². The van der Waals surface area contributed by atoms with E-state index in [-0.39, 0.29) is 11.9 Å². The van der Waals surface area contributed by atoms with Gasteiger partial charge in [-0.3, -0.25) is 9.69 Å². The highest BCUT2D eigenvalue weighted by atomic mass is 16.2. The summed E-state index contributed by atoms with van der Waals surface area (Å²) >= 11 is 0. The molecule has 1 saturated carbocycles. The third-order valence-corrected chi connectivity index (χ3v) is 7.45. The molecule has 3 heterocycles. The highest BCUT2D eigenvalue weighted by Crippen LogP contribution is 2.49. The average Bonchev–Trinajstić information content (AvgIpc) is 3.17. The number of rotatable bonds is 5. The van der Waals surface area contributed by atoms with Gasteiger partial charge in [-0.1, -0.05) is 12.1 Å². The van der Waals surface area contributed by atoms with E-state index in [0.29, 0.717) is 24.9 Å². The summed E-state index contributed by atoms with van der Waals surface area (Å²) in [5, 5.41) is 0. The van der Waals surface area contributed by atoms with E-state index < -0.39 is 5.54 Å². The molecule has 6 nitrogen and oxygen atoms in total. The van der Waals surface area contributed by atoms with Crippen molar-refractivity contribution in [2.75, 3.05) is 37.6 Å². The van der Waals surface area contributed by atoms with Crippen LogP contribution in [0.3, 0.4) is 0 Å². The first-order valence-electron chi connectivity index (χ1n) is 10.8. The SMILES string of the molecule is NC(=O)[C@]12CCCCN1C(=O)N(c1ccc(C3(CN4CCCC4)CC3)cc1)C2. The van der Waals surface area contributed by atoms with Crippen LogP contribution in [0.4, 0.5) is 10.5 Å². The van der Waals surface area contributed by atoms with E-state index in [2.05, 4.69) is 29.2 Å². The van der Waals surface area contributed by atoms with Crippen LogP contribution in [0.2, 0.25) is 0 Å². The zero-order chi connectivity index (χ0) is 19.4.